The normalized spacial score (nSPS) is 9.75. The molecule has 0 radical (unpaired) electrons. The van der Waals surface area contributed by atoms with E-state index in [0.717, 1.165) is 5.56 Å². The second-order valence-corrected chi connectivity index (χ2v) is 4.23. The van der Waals surface area contributed by atoms with Gasteiger partial charge in [0.2, 0.25) is 0 Å². The first-order chi connectivity index (χ1) is 9.61. The van der Waals surface area contributed by atoms with Crippen LogP contribution in [0.2, 0.25) is 0 Å². The number of nitriles is 1. The van der Waals surface area contributed by atoms with E-state index in [2.05, 4.69) is 5.32 Å². The summed E-state index contributed by atoms with van der Waals surface area (Å²) in [5, 5.41) is 21.0. The Morgan fingerprint density at radius 2 is 1.95 bits per heavy atom. The Balaban J connectivity index is 2.15. The molecule has 0 saturated heterocycles. The number of phenols is 1. The van der Waals surface area contributed by atoms with Crippen LogP contribution in [0, 0.1) is 11.3 Å². The zero-order valence-corrected chi connectivity index (χ0v) is 10.6. The lowest BCUT2D eigenvalue weighted by molar-refractivity contribution is 0.102. The third-order valence-electron chi connectivity index (χ3n) is 2.81. The molecule has 5 nitrogen and oxygen atoms in total. The lowest BCUT2D eigenvalue weighted by Crippen LogP contribution is -2.12. The number of nitrogens with zero attached hydrogens (tertiary/aromatic N) is 1. The monoisotopic (exact) mass is 267 g/mol. The SMILES string of the molecule is N#CCc1ccc(NC(=O)c2cccc(N)c2O)cc1. The molecule has 0 unspecified atom stereocenters. The minimum absolute atomic E-state index is 0.117. The van der Waals surface area contributed by atoms with Crippen molar-refractivity contribution in [2.75, 3.05) is 11.1 Å². The number of anilines is 2. The number of hydrogen-bond donors (Lipinski definition) is 3. The summed E-state index contributed by atoms with van der Waals surface area (Å²) in [6, 6.07) is 13.6. The number of aromatic hydroxyl groups is 1. The van der Waals surface area contributed by atoms with Crippen molar-refractivity contribution >= 4 is 17.3 Å². The second kappa shape index (κ2) is 5.76. The van der Waals surface area contributed by atoms with E-state index < -0.39 is 5.91 Å². The summed E-state index contributed by atoms with van der Waals surface area (Å²) in [5.74, 6) is -0.672. The van der Waals surface area contributed by atoms with Gasteiger partial charge in [0.15, 0.2) is 5.75 Å². The predicted molar refractivity (Wildman–Crippen MR) is 76.2 cm³/mol. The Hall–Kier alpha value is -3.00. The van der Waals surface area contributed by atoms with Gasteiger partial charge in [-0.15, -0.1) is 0 Å². The number of phenolic OH excluding ortho intramolecular Hbond substituents is 1. The van der Waals surface area contributed by atoms with E-state index >= 15 is 0 Å². The maximum absolute atomic E-state index is 12.0. The van der Waals surface area contributed by atoms with Crippen molar-refractivity contribution in [2.24, 2.45) is 0 Å². The molecule has 2 aromatic carbocycles. The summed E-state index contributed by atoms with van der Waals surface area (Å²) in [4.78, 5) is 12.0. The fraction of sp³-hybridized carbons (Fsp3) is 0.0667. The van der Waals surface area contributed by atoms with E-state index in [0.29, 0.717) is 12.1 Å². The second-order valence-electron chi connectivity index (χ2n) is 4.23. The number of carbonyl (C=O) groups is 1. The number of para-hydroxylation sites is 1. The fourth-order valence-electron chi connectivity index (χ4n) is 1.74. The Kier molecular flexibility index (Phi) is 3.87. The van der Waals surface area contributed by atoms with Crippen LogP contribution in [0.25, 0.3) is 0 Å². The number of hydrogen-bond acceptors (Lipinski definition) is 4. The molecule has 0 aliphatic carbocycles. The lowest BCUT2D eigenvalue weighted by atomic mass is 10.1. The molecule has 0 atom stereocenters. The van der Waals surface area contributed by atoms with E-state index in [-0.39, 0.29) is 17.0 Å². The van der Waals surface area contributed by atoms with E-state index in [9.17, 15) is 9.90 Å². The fourth-order valence-corrected chi connectivity index (χ4v) is 1.74. The summed E-state index contributed by atoms with van der Waals surface area (Å²) in [7, 11) is 0. The Morgan fingerprint density at radius 3 is 2.60 bits per heavy atom. The Morgan fingerprint density at radius 1 is 1.25 bits per heavy atom. The minimum Gasteiger partial charge on any atom is -0.505 e. The van der Waals surface area contributed by atoms with Crippen molar-refractivity contribution in [3.8, 4) is 11.8 Å². The topological polar surface area (TPSA) is 99.1 Å². The van der Waals surface area contributed by atoms with Gasteiger partial charge < -0.3 is 16.2 Å². The van der Waals surface area contributed by atoms with Crippen molar-refractivity contribution in [3.05, 3.63) is 53.6 Å². The Bertz CT molecular complexity index is 673. The van der Waals surface area contributed by atoms with E-state index in [4.69, 9.17) is 11.0 Å². The number of carbonyl (C=O) groups excluding carboxylic acids is 1. The summed E-state index contributed by atoms with van der Waals surface area (Å²) < 4.78 is 0. The van der Waals surface area contributed by atoms with Crippen LogP contribution in [0.1, 0.15) is 15.9 Å². The highest BCUT2D eigenvalue weighted by Gasteiger charge is 2.12. The van der Waals surface area contributed by atoms with E-state index in [1.165, 1.54) is 12.1 Å². The van der Waals surface area contributed by atoms with Gasteiger partial charge in [0.25, 0.3) is 5.91 Å². The molecule has 4 N–H and O–H groups in total. The number of nitrogens with one attached hydrogen (secondary N) is 1. The zero-order valence-electron chi connectivity index (χ0n) is 10.6. The van der Waals surface area contributed by atoms with Gasteiger partial charge in [-0.25, -0.2) is 0 Å². The van der Waals surface area contributed by atoms with Crippen molar-refractivity contribution < 1.29 is 9.90 Å². The van der Waals surface area contributed by atoms with Gasteiger partial charge in [-0.3, -0.25) is 4.79 Å². The van der Waals surface area contributed by atoms with Gasteiger partial charge >= 0.3 is 0 Å². The average Bonchev–Trinajstić information content (AvgIpc) is 2.44. The summed E-state index contributed by atoms with van der Waals surface area (Å²) in [6.45, 7) is 0. The van der Waals surface area contributed by atoms with Crippen LogP contribution >= 0.6 is 0 Å². The van der Waals surface area contributed by atoms with Gasteiger partial charge in [0.05, 0.1) is 23.7 Å². The number of benzene rings is 2. The van der Waals surface area contributed by atoms with Crippen LogP contribution in [0.4, 0.5) is 11.4 Å². The van der Waals surface area contributed by atoms with Crippen LogP contribution in [-0.2, 0) is 6.42 Å². The molecule has 0 spiro atoms. The van der Waals surface area contributed by atoms with Gasteiger partial charge in [-0.05, 0) is 29.8 Å². The third kappa shape index (κ3) is 2.87. The maximum atomic E-state index is 12.0. The molecule has 0 bridgehead atoms. The molecule has 0 saturated carbocycles. The molecule has 0 aliphatic heterocycles. The first kappa shape index (κ1) is 13.4. The highest BCUT2D eigenvalue weighted by Crippen LogP contribution is 2.25. The van der Waals surface area contributed by atoms with Crippen molar-refractivity contribution in [3.63, 3.8) is 0 Å². The Labute approximate surface area is 116 Å². The predicted octanol–water partition coefficient (Wildman–Crippen LogP) is 2.29. The van der Waals surface area contributed by atoms with E-state index in [1.807, 2.05) is 6.07 Å². The molecular formula is C15H13N3O2. The van der Waals surface area contributed by atoms with Crippen LogP contribution in [0.3, 0.4) is 0 Å². The van der Waals surface area contributed by atoms with Crippen LogP contribution in [0.15, 0.2) is 42.5 Å². The number of rotatable bonds is 3. The standard InChI is InChI=1S/C15H13N3O2/c16-9-8-10-4-6-11(7-5-10)18-15(20)12-2-1-3-13(17)14(12)19/h1-7,19H,8,17H2,(H,18,20). The molecule has 5 heteroatoms. The smallest absolute Gasteiger partial charge is 0.259 e. The summed E-state index contributed by atoms with van der Waals surface area (Å²) in [5.41, 5.74) is 7.27. The van der Waals surface area contributed by atoms with Crippen LogP contribution in [-0.4, -0.2) is 11.0 Å². The first-order valence-corrected chi connectivity index (χ1v) is 5.96. The molecule has 20 heavy (non-hydrogen) atoms. The van der Waals surface area contributed by atoms with Crippen molar-refractivity contribution in [1.82, 2.24) is 0 Å². The molecule has 1 amide bonds. The first-order valence-electron chi connectivity index (χ1n) is 5.96. The lowest BCUT2D eigenvalue weighted by Gasteiger charge is -2.08. The molecule has 0 fully saturated rings. The van der Waals surface area contributed by atoms with Gasteiger partial charge in [0.1, 0.15) is 0 Å². The molecule has 2 rings (SSSR count). The van der Waals surface area contributed by atoms with Crippen molar-refractivity contribution in [2.45, 2.75) is 6.42 Å². The molecule has 0 heterocycles. The minimum atomic E-state index is -0.442. The number of amides is 1. The van der Waals surface area contributed by atoms with Gasteiger partial charge in [-0.2, -0.15) is 5.26 Å². The number of nitrogen functional groups attached to an aromatic ring is 1. The largest absolute Gasteiger partial charge is 0.505 e. The highest BCUT2D eigenvalue weighted by atomic mass is 16.3. The van der Waals surface area contributed by atoms with Gasteiger partial charge in [0, 0.05) is 5.69 Å². The molecule has 2 aromatic rings. The highest BCUT2D eigenvalue weighted by molar-refractivity contribution is 6.07. The molecular weight excluding hydrogens is 254 g/mol. The summed E-state index contributed by atoms with van der Waals surface area (Å²) >= 11 is 0. The molecule has 100 valence electrons. The molecule has 0 aromatic heterocycles. The zero-order chi connectivity index (χ0) is 14.5. The summed E-state index contributed by atoms with van der Waals surface area (Å²) in [6.07, 6.45) is 0.324. The average molecular weight is 267 g/mol. The van der Waals surface area contributed by atoms with Gasteiger partial charge in [-0.1, -0.05) is 18.2 Å². The van der Waals surface area contributed by atoms with Crippen molar-refractivity contribution in [1.29, 1.82) is 5.26 Å². The molecule has 0 aliphatic rings. The van der Waals surface area contributed by atoms with Crippen LogP contribution < -0.4 is 11.1 Å². The number of nitrogens with two attached hydrogens (primary N) is 1. The van der Waals surface area contributed by atoms with Crippen LogP contribution in [0.5, 0.6) is 5.75 Å². The van der Waals surface area contributed by atoms with E-state index in [1.54, 1.807) is 30.3 Å². The maximum Gasteiger partial charge on any atom is 0.259 e. The third-order valence-corrected chi connectivity index (χ3v) is 2.81. The quantitative estimate of drug-likeness (QED) is 0.586.